The van der Waals surface area contributed by atoms with E-state index >= 15 is 0 Å². The molecular formula is C28H23F2N5O3. The molecule has 0 N–H and O–H groups in total. The molecule has 8 nitrogen and oxygen atoms in total. The fourth-order valence-corrected chi connectivity index (χ4v) is 5.20. The average molecular weight is 516 g/mol. The molecule has 1 aliphatic rings. The molecule has 0 atom stereocenters. The molecule has 1 saturated heterocycles. The number of nitriles is 1. The summed E-state index contributed by atoms with van der Waals surface area (Å²) in [6, 6.07) is 20.8. The first-order chi connectivity index (χ1) is 18.4. The van der Waals surface area contributed by atoms with Crippen LogP contribution in [0.1, 0.15) is 17.2 Å². The van der Waals surface area contributed by atoms with Crippen LogP contribution in [0.2, 0.25) is 0 Å². The number of hydrogen-bond acceptors (Lipinski definition) is 6. The second-order valence-corrected chi connectivity index (χ2v) is 9.05. The quantitative estimate of drug-likeness (QED) is 0.275. The first-order valence-corrected chi connectivity index (χ1v) is 12.1. The highest BCUT2D eigenvalue weighted by Crippen LogP contribution is 2.36. The van der Waals surface area contributed by atoms with Crippen LogP contribution in [0.15, 0.2) is 77.6 Å². The normalized spacial score (nSPS) is 14.1. The van der Waals surface area contributed by atoms with Crippen LogP contribution in [0, 0.1) is 33.1 Å². The minimum absolute atomic E-state index is 0.240. The van der Waals surface area contributed by atoms with Crippen LogP contribution in [0.4, 0.5) is 20.2 Å². The Morgan fingerprint density at radius 1 is 0.895 bits per heavy atom. The predicted molar refractivity (Wildman–Crippen MR) is 139 cm³/mol. The lowest BCUT2D eigenvalue weighted by molar-refractivity contribution is -0.385. The van der Waals surface area contributed by atoms with E-state index in [0.29, 0.717) is 37.1 Å². The highest BCUT2D eigenvalue weighted by Gasteiger charge is 2.33. The van der Waals surface area contributed by atoms with E-state index in [2.05, 4.69) is 4.90 Å². The minimum atomic E-state index is -0.816. The van der Waals surface area contributed by atoms with Gasteiger partial charge in [-0.05, 0) is 41.5 Å². The maximum absolute atomic E-state index is 13.7. The third-order valence-corrected chi connectivity index (χ3v) is 6.90. The third-order valence-electron chi connectivity index (χ3n) is 6.90. The van der Waals surface area contributed by atoms with Crippen molar-refractivity contribution < 1.29 is 13.7 Å². The number of aromatic nitrogens is 1. The Labute approximate surface area is 216 Å². The van der Waals surface area contributed by atoms with Crippen LogP contribution in [0.5, 0.6) is 0 Å². The third kappa shape index (κ3) is 4.60. The van der Waals surface area contributed by atoms with Crippen molar-refractivity contribution in [2.75, 3.05) is 31.1 Å². The van der Waals surface area contributed by atoms with E-state index in [0.717, 1.165) is 15.7 Å². The van der Waals surface area contributed by atoms with E-state index in [1.54, 1.807) is 48.5 Å². The van der Waals surface area contributed by atoms with Crippen LogP contribution in [-0.2, 0) is 6.54 Å². The summed E-state index contributed by atoms with van der Waals surface area (Å²) in [4.78, 5) is 28.6. The lowest BCUT2D eigenvalue weighted by Crippen LogP contribution is -2.48. The Bertz CT molecular complexity index is 1540. The number of pyridine rings is 1. The van der Waals surface area contributed by atoms with Gasteiger partial charge in [0.1, 0.15) is 23.9 Å². The summed E-state index contributed by atoms with van der Waals surface area (Å²) in [6.45, 7) is 1.42. The number of fused-ring (bicyclic) bond motifs is 1. The Kier molecular flexibility index (Phi) is 6.85. The molecule has 38 heavy (non-hydrogen) atoms. The van der Waals surface area contributed by atoms with E-state index in [1.807, 2.05) is 11.0 Å². The first kappa shape index (κ1) is 25.0. The zero-order valence-corrected chi connectivity index (χ0v) is 20.3. The van der Waals surface area contributed by atoms with E-state index in [1.165, 1.54) is 24.3 Å². The molecule has 5 rings (SSSR count). The van der Waals surface area contributed by atoms with Gasteiger partial charge in [0.25, 0.3) is 0 Å². The number of nitrogens with zero attached hydrogens (tertiary/aromatic N) is 5. The summed E-state index contributed by atoms with van der Waals surface area (Å²) in [5.74, 6) is -0.719. The Morgan fingerprint density at radius 2 is 1.45 bits per heavy atom. The summed E-state index contributed by atoms with van der Waals surface area (Å²) in [5, 5.41) is 21.8. The predicted octanol–water partition coefficient (Wildman–Crippen LogP) is 4.62. The van der Waals surface area contributed by atoms with Gasteiger partial charge < -0.3 is 4.90 Å². The molecule has 0 amide bonds. The molecule has 0 unspecified atom stereocenters. The highest BCUT2D eigenvalue weighted by atomic mass is 19.1. The molecule has 0 bridgehead atoms. The molecule has 10 heteroatoms. The van der Waals surface area contributed by atoms with Crippen LogP contribution in [0.3, 0.4) is 0 Å². The first-order valence-electron chi connectivity index (χ1n) is 12.1. The molecule has 0 radical (unpaired) electrons. The molecule has 1 fully saturated rings. The van der Waals surface area contributed by atoms with E-state index in [4.69, 9.17) is 0 Å². The maximum atomic E-state index is 13.7. The van der Waals surface area contributed by atoms with E-state index < -0.39 is 16.2 Å². The van der Waals surface area contributed by atoms with Crippen molar-refractivity contribution in [3.63, 3.8) is 0 Å². The van der Waals surface area contributed by atoms with E-state index in [-0.39, 0.29) is 29.9 Å². The topological polar surface area (TPSA) is 95.4 Å². The SMILES string of the molecule is N#CCn1c(=O)c([N+](=O)[O-])c(N2CCN(C(c3ccc(F)cc3)c3ccc(F)cc3)CC2)c2ccccc21. The molecule has 0 saturated carbocycles. The monoisotopic (exact) mass is 515 g/mol. The Hall–Kier alpha value is -4.62. The minimum Gasteiger partial charge on any atom is -0.363 e. The summed E-state index contributed by atoms with van der Waals surface area (Å²) in [6.07, 6.45) is 0. The average Bonchev–Trinajstić information content (AvgIpc) is 2.92. The van der Waals surface area contributed by atoms with Crippen LogP contribution in [-0.4, -0.2) is 40.6 Å². The highest BCUT2D eigenvalue weighted by molar-refractivity contribution is 5.96. The number of piperazine rings is 1. The van der Waals surface area contributed by atoms with Crippen molar-refractivity contribution in [3.05, 3.63) is 116 Å². The Balaban J connectivity index is 1.52. The molecule has 192 valence electrons. The number of halogens is 2. The fourth-order valence-electron chi connectivity index (χ4n) is 5.20. The number of nitro groups is 1. The van der Waals surface area contributed by atoms with Gasteiger partial charge in [-0.1, -0.05) is 42.5 Å². The zero-order valence-electron chi connectivity index (χ0n) is 20.3. The second kappa shape index (κ2) is 10.4. The molecular weight excluding hydrogens is 492 g/mol. The van der Waals surface area contributed by atoms with Crippen LogP contribution in [0.25, 0.3) is 10.9 Å². The van der Waals surface area contributed by atoms with Crippen LogP contribution >= 0.6 is 0 Å². The second-order valence-electron chi connectivity index (χ2n) is 9.05. The summed E-state index contributed by atoms with van der Waals surface area (Å²) < 4.78 is 28.4. The number of para-hydroxylation sites is 1. The zero-order chi connectivity index (χ0) is 26.8. The van der Waals surface area contributed by atoms with Gasteiger partial charge in [0.15, 0.2) is 0 Å². The van der Waals surface area contributed by atoms with Crippen molar-refractivity contribution in [1.82, 2.24) is 9.47 Å². The van der Waals surface area contributed by atoms with Gasteiger partial charge in [-0.15, -0.1) is 0 Å². The van der Waals surface area contributed by atoms with Crippen molar-refractivity contribution in [1.29, 1.82) is 5.26 Å². The molecule has 3 aromatic carbocycles. The summed E-state index contributed by atoms with van der Waals surface area (Å²) in [5.41, 5.74) is 0.996. The lowest BCUT2D eigenvalue weighted by Gasteiger charge is -2.40. The van der Waals surface area contributed by atoms with Gasteiger partial charge in [0.2, 0.25) is 0 Å². The molecule has 4 aromatic rings. The van der Waals surface area contributed by atoms with Crippen molar-refractivity contribution in [2.24, 2.45) is 0 Å². The van der Waals surface area contributed by atoms with E-state index in [9.17, 15) is 29.0 Å². The van der Waals surface area contributed by atoms with Gasteiger partial charge in [0.05, 0.1) is 22.6 Å². The van der Waals surface area contributed by atoms with Gasteiger partial charge in [-0.25, -0.2) is 8.78 Å². The molecule has 2 heterocycles. The van der Waals surface area contributed by atoms with Crippen molar-refractivity contribution in [3.8, 4) is 6.07 Å². The van der Waals surface area contributed by atoms with Gasteiger partial charge in [-0.3, -0.25) is 24.4 Å². The largest absolute Gasteiger partial charge is 0.363 e. The standard InChI is InChI=1S/C28H23F2N5O3/c29-21-9-5-19(6-10-21)25(20-7-11-22(30)12-8-20)32-15-17-33(18-16-32)26-23-3-1-2-4-24(23)34(14-13-31)28(36)27(26)35(37)38/h1-12,25H,14-18H2. The summed E-state index contributed by atoms with van der Waals surface area (Å²) in [7, 11) is 0. The molecule has 1 aromatic heterocycles. The van der Waals surface area contributed by atoms with Crippen LogP contribution < -0.4 is 10.5 Å². The number of benzene rings is 3. The molecule has 0 aliphatic carbocycles. The van der Waals surface area contributed by atoms with Gasteiger partial charge in [0, 0.05) is 31.6 Å². The number of hydrogen-bond donors (Lipinski definition) is 0. The van der Waals surface area contributed by atoms with Gasteiger partial charge >= 0.3 is 11.2 Å². The van der Waals surface area contributed by atoms with Crippen molar-refractivity contribution in [2.45, 2.75) is 12.6 Å². The Morgan fingerprint density at radius 3 is 1.97 bits per heavy atom. The maximum Gasteiger partial charge on any atom is 0.357 e. The number of anilines is 1. The van der Waals surface area contributed by atoms with Gasteiger partial charge in [-0.2, -0.15) is 5.26 Å². The van der Waals surface area contributed by atoms with Crippen molar-refractivity contribution >= 4 is 22.3 Å². The lowest BCUT2D eigenvalue weighted by atomic mass is 9.96. The smallest absolute Gasteiger partial charge is 0.357 e. The fraction of sp³-hybridized carbons (Fsp3) is 0.214. The molecule has 1 aliphatic heterocycles. The number of rotatable bonds is 6. The summed E-state index contributed by atoms with van der Waals surface area (Å²) >= 11 is 0. The molecule has 0 spiro atoms.